The van der Waals surface area contributed by atoms with Crippen molar-refractivity contribution >= 4 is 30.0 Å². The molecule has 2 atom stereocenters. The van der Waals surface area contributed by atoms with Crippen LogP contribution in [-0.4, -0.2) is 51.7 Å². The molecule has 1 fully saturated rings. The monoisotopic (exact) mass is 351 g/mol. The van der Waals surface area contributed by atoms with Crippen LogP contribution in [0.5, 0.6) is 0 Å². The molecule has 0 spiro atoms. The maximum Gasteiger partial charge on any atom is 0.330 e. The van der Waals surface area contributed by atoms with Crippen molar-refractivity contribution in [3.8, 4) is 0 Å². The molecule has 134 valence electrons. The first-order chi connectivity index (χ1) is 12.0. The number of carbonyl (C=O) groups is 4. The zero-order chi connectivity index (χ0) is 18.0. The van der Waals surface area contributed by atoms with E-state index in [2.05, 4.69) is 20.8 Å². The van der Waals surface area contributed by atoms with Gasteiger partial charge >= 0.3 is 24.1 Å². The second-order valence-corrected chi connectivity index (χ2v) is 5.60. The molecule has 0 aromatic carbocycles. The van der Waals surface area contributed by atoms with Crippen molar-refractivity contribution in [1.29, 1.82) is 0 Å². The lowest BCUT2D eigenvalue weighted by atomic mass is 10.2. The number of aromatic nitrogens is 2. The molecule has 0 saturated carbocycles. The minimum atomic E-state index is -1.02. The van der Waals surface area contributed by atoms with Crippen molar-refractivity contribution in [2.45, 2.75) is 38.3 Å². The molecule has 0 radical (unpaired) electrons. The maximum atomic E-state index is 12.5. The Hall–Kier alpha value is -3.18. The molecule has 3 heterocycles. The number of rotatable bonds is 1. The van der Waals surface area contributed by atoms with E-state index < -0.39 is 36.1 Å². The van der Waals surface area contributed by atoms with Crippen molar-refractivity contribution in [3.63, 3.8) is 0 Å². The van der Waals surface area contributed by atoms with Gasteiger partial charge < -0.3 is 14.6 Å². The van der Waals surface area contributed by atoms with Gasteiger partial charge in [-0.25, -0.2) is 14.4 Å². The van der Waals surface area contributed by atoms with Gasteiger partial charge in [-0.1, -0.05) is 12.0 Å². The minimum absolute atomic E-state index is 0.106. The Labute approximate surface area is 141 Å². The molecule has 1 unspecified atom stereocenters. The standard InChI is InChI=1S/C13H17N7O5/c1-2-6-9-18-19-12(25-9)17-11(23)16-10(22)15-8(21)7-4-3-5-20(7)13(24)14-6/h6-7H,2-5H2,1H3,(H,14,24)(H3,15,16,17,19,21,22,23)/t6?,7-/m0/s1. The van der Waals surface area contributed by atoms with Gasteiger partial charge in [0, 0.05) is 6.54 Å². The van der Waals surface area contributed by atoms with Crippen LogP contribution in [0.25, 0.3) is 0 Å². The molecular formula is C13H17N7O5. The third kappa shape index (κ3) is 3.51. The Morgan fingerprint density at radius 2 is 1.88 bits per heavy atom. The van der Waals surface area contributed by atoms with E-state index in [1.54, 1.807) is 0 Å². The van der Waals surface area contributed by atoms with Crippen LogP contribution in [0.4, 0.5) is 20.4 Å². The smallest absolute Gasteiger partial charge is 0.330 e. The molecule has 0 aliphatic carbocycles. The highest BCUT2D eigenvalue weighted by Crippen LogP contribution is 2.21. The van der Waals surface area contributed by atoms with Gasteiger partial charge in [0.1, 0.15) is 12.1 Å². The highest BCUT2D eigenvalue weighted by atomic mass is 16.4. The number of urea groups is 3. The quantitative estimate of drug-likeness (QED) is 0.557. The molecule has 1 aromatic rings. The molecule has 12 heteroatoms. The van der Waals surface area contributed by atoms with Gasteiger partial charge in [-0.2, -0.15) is 0 Å². The number of hydrogen-bond acceptors (Lipinski definition) is 7. The fraction of sp³-hybridized carbons (Fsp3) is 0.538. The summed E-state index contributed by atoms with van der Waals surface area (Å²) >= 11 is 0. The molecule has 4 N–H and O–H groups in total. The van der Waals surface area contributed by atoms with Gasteiger partial charge in [-0.3, -0.25) is 20.7 Å². The lowest BCUT2D eigenvalue weighted by molar-refractivity contribution is -0.123. The number of imide groups is 2. The number of nitrogens with zero attached hydrogens (tertiary/aromatic N) is 3. The third-order valence-electron chi connectivity index (χ3n) is 3.95. The summed E-state index contributed by atoms with van der Waals surface area (Å²) < 4.78 is 5.29. The summed E-state index contributed by atoms with van der Waals surface area (Å²) in [6.07, 6.45) is 1.50. The average molecular weight is 351 g/mol. The lowest BCUT2D eigenvalue weighted by Crippen LogP contribution is -2.53. The van der Waals surface area contributed by atoms with Crippen LogP contribution >= 0.6 is 0 Å². The van der Waals surface area contributed by atoms with E-state index in [0.717, 1.165) is 0 Å². The van der Waals surface area contributed by atoms with Gasteiger partial charge in [0.05, 0.1) is 0 Å². The van der Waals surface area contributed by atoms with Gasteiger partial charge in [0.2, 0.25) is 5.89 Å². The molecule has 2 bridgehead atoms. The number of carbonyl (C=O) groups excluding carboxylic acids is 4. The van der Waals surface area contributed by atoms with Crippen molar-refractivity contribution in [1.82, 2.24) is 31.0 Å². The molecule has 3 rings (SSSR count). The SMILES string of the molecule is CCC1NC(=O)N2CCC[C@H]2C(=O)NC(=O)NC(=O)Nc2nnc1o2. The maximum absolute atomic E-state index is 12.5. The van der Waals surface area contributed by atoms with E-state index in [4.69, 9.17) is 4.42 Å². The van der Waals surface area contributed by atoms with Crippen LogP contribution in [0.3, 0.4) is 0 Å². The van der Waals surface area contributed by atoms with Crippen LogP contribution in [0, 0.1) is 0 Å². The van der Waals surface area contributed by atoms with Crippen LogP contribution in [0.15, 0.2) is 4.42 Å². The normalized spacial score (nSPS) is 24.6. The highest BCUT2D eigenvalue weighted by molar-refractivity contribution is 6.06. The summed E-state index contributed by atoms with van der Waals surface area (Å²) in [4.78, 5) is 49.5. The molecular weight excluding hydrogens is 334 g/mol. The summed E-state index contributed by atoms with van der Waals surface area (Å²) in [5.74, 6) is -0.549. The molecule has 25 heavy (non-hydrogen) atoms. The van der Waals surface area contributed by atoms with E-state index in [1.807, 2.05) is 17.6 Å². The van der Waals surface area contributed by atoms with Gasteiger partial charge in [-0.05, 0) is 19.3 Å². The Balaban J connectivity index is 1.90. The summed E-state index contributed by atoms with van der Waals surface area (Å²) in [6, 6.07) is -4.03. The third-order valence-corrected chi connectivity index (χ3v) is 3.95. The van der Waals surface area contributed by atoms with Gasteiger partial charge in [-0.15, -0.1) is 5.10 Å². The highest BCUT2D eigenvalue weighted by Gasteiger charge is 2.36. The number of hydrogen-bond donors (Lipinski definition) is 4. The Morgan fingerprint density at radius 1 is 1.12 bits per heavy atom. The first-order valence-corrected chi connectivity index (χ1v) is 7.81. The van der Waals surface area contributed by atoms with E-state index in [-0.39, 0.29) is 11.9 Å². The number of fused-ring (bicyclic) bond motifs is 3. The predicted octanol–water partition coefficient (Wildman–Crippen LogP) is 0.0660. The molecule has 1 saturated heterocycles. The Bertz CT molecular complexity index is 717. The summed E-state index contributed by atoms with van der Waals surface area (Å²) in [5, 5.41) is 16.3. The van der Waals surface area contributed by atoms with E-state index in [0.29, 0.717) is 25.8 Å². The fourth-order valence-corrected chi connectivity index (χ4v) is 2.74. The van der Waals surface area contributed by atoms with Gasteiger partial charge in [0.25, 0.3) is 5.91 Å². The van der Waals surface area contributed by atoms with E-state index in [1.165, 1.54) is 4.90 Å². The molecule has 7 amide bonds. The Morgan fingerprint density at radius 3 is 2.64 bits per heavy atom. The topological polar surface area (TPSA) is 159 Å². The van der Waals surface area contributed by atoms with E-state index in [9.17, 15) is 19.2 Å². The second kappa shape index (κ2) is 6.75. The molecule has 1 aromatic heterocycles. The Kier molecular flexibility index (Phi) is 4.50. The lowest BCUT2D eigenvalue weighted by Gasteiger charge is -2.25. The van der Waals surface area contributed by atoms with Crippen molar-refractivity contribution in [3.05, 3.63) is 5.89 Å². The van der Waals surface area contributed by atoms with Gasteiger partial charge in [0.15, 0.2) is 0 Å². The number of anilines is 1. The van der Waals surface area contributed by atoms with Crippen LogP contribution < -0.4 is 21.3 Å². The summed E-state index contributed by atoms with van der Waals surface area (Å²) in [7, 11) is 0. The largest absolute Gasteiger partial charge is 0.405 e. The summed E-state index contributed by atoms with van der Waals surface area (Å²) in [6.45, 7) is 2.18. The number of amides is 7. The van der Waals surface area contributed by atoms with E-state index >= 15 is 0 Å². The first-order valence-electron chi connectivity index (χ1n) is 7.81. The van der Waals surface area contributed by atoms with Crippen molar-refractivity contribution in [2.24, 2.45) is 0 Å². The van der Waals surface area contributed by atoms with Crippen LogP contribution in [-0.2, 0) is 4.79 Å². The molecule has 2 aliphatic heterocycles. The number of nitrogens with one attached hydrogen (secondary N) is 4. The first kappa shape index (κ1) is 16.7. The predicted molar refractivity (Wildman–Crippen MR) is 81.3 cm³/mol. The van der Waals surface area contributed by atoms with Crippen molar-refractivity contribution < 1.29 is 23.6 Å². The van der Waals surface area contributed by atoms with Crippen molar-refractivity contribution in [2.75, 3.05) is 11.9 Å². The molecule has 12 nitrogen and oxygen atoms in total. The fourth-order valence-electron chi connectivity index (χ4n) is 2.74. The zero-order valence-corrected chi connectivity index (χ0v) is 13.4. The van der Waals surface area contributed by atoms with Crippen LogP contribution in [0.1, 0.15) is 38.1 Å². The summed E-state index contributed by atoms with van der Waals surface area (Å²) in [5.41, 5.74) is 0. The van der Waals surface area contributed by atoms with Crippen LogP contribution in [0.2, 0.25) is 0 Å². The molecule has 2 aliphatic rings. The zero-order valence-electron chi connectivity index (χ0n) is 13.4. The minimum Gasteiger partial charge on any atom is -0.405 e. The second-order valence-electron chi connectivity index (χ2n) is 5.60. The average Bonchev–Trinajstić information content (AvgIpc) is 3.20.